The van der Waals surface area contributed by atoms with Crippen LogP contribution in [0, 0.1) is 0 Å². The number of amides is 1. The number of likely N-dealkylation sites (tertiary alicyclic amines) is 1. The minimum absolute atomic E-state index is 0.143. The molecule has 1 saturated heterocycles. The Hall–Kier alpha value is -1.62. The molecule has 2 aromatic rings. The molecular formula is C14H17N3OS. The van der Waals surface area contributed by atoms with E-state index in [1.807, 2.05) is 11.1 Å². The summed E-state index contributed by atoms with van der Waals surface area (Å²) in [5.74, 6) is 1.16. The van der Waals surface area contributed by atoms with Crippen molar-refractivity contribution in [3.8, 4) is 0 Å². The molecule has 1 atom stereocenters. The molecule has 1 amide bonds. The van der Waals surface area contributed by atoms with Crippen LogP contribution in [0.3, 0.4) is 0 Å². The lowest BCUT2D eigenvalue weighted by Crippen LogP contribution is -2.31. The van der Waals surface area contributed by atoms with Gasteiger partial charge in [-0.3, -0.25) is 4.79 Å². The van der Waals surface area contributed by atoms with Crippen molar-refractivity contribution in [3.05, 3.63) is 40.6 Å². The number of hydrogen-bond donors (Lipinski definition) is 1. The molecule has 1 unspecified atom stereocenters. The van der Waals surface area contributed by atoms with Crippen molar-refractivity contribution in [2.75, 3.05) is 6.54 Å². The van der Waals surface area contributed by atoms with Gasteiger partial charge in [-0.15, -0.1) is 0 Å². The van der Waals surface area contributed by atoms with E-state index < -0.39 is 0 Å². The van der Waals surface area contributed by atoms with Crippen LogP contribution in [-0.2, 0) is 11.2 Å². The largest absolute Gasteiger partial charge is 0.347 e. The maximum absolute atomic E-state index is 12.3. The van der Waals surface area contributed by atoms with E-state index in [0.717, 1.165) is 31.6 Å². The number of aromatic nitrogens is 2. The topological polar surface area (TPSA) is 49.0 Å². The van der Waals surface area contributed by atoms with Crippen molar-refractivity contribution in [1.82, 2.24) is 14.9 Å². The first-order valence-electron chi connectivity index (χ1n) is 6.64. The van der Waals surface area contributed by atoms with Crippen LogP contribution < -0.4 is 0 Å². The van der Waals surface area contributed by atoms with Crippen LogP contribution in [0.1, 0.15) is 36.7 Å². The Bertz CT molecular complexity index is 521. The molecule has 5 heteroatoms. The third kappa shape index (κ3) is 2.71. The molecule has 0 aromatic carbocycles. The molecular weight excluding hydrogens is 258 g/mol. The predicted octanol–water partition coefficient (Wildman–Crippen LogP) is 2.77. The molecule has 1 N–H and O–H groups in total. The molecule has 1 fully saturated rings. The number of thiophene rings is 1. The third-order valence-corrected chi connectivity index (χ3v) is 4.35. The van der Waals surface area contributed by atoms with Crippen LogP contribution in [0.15, 0.2) is 29.2 Å². The van der Waals surface area contributed by atoms with Crippen LogP contribution in [0.2, 0.25) is 0 Å². The quantitative estimate of drug-likeness (QED) is 0.932. The minimum Gasteiger partial charge on any atom is -0.347 e. The first-order valence-corrected chi connectivity index (χ1v) is 7.58. The van der Waals surface area contributed by atoms with Gasteiger partial charge in [0.25, 0.3) is 0 Å². The van der Waals surface area contributed by atoms with Crippen molar-refractivity contribution in [2.45, 2.75) is 31.7 Å². The molecule has 2 aromatic heterocycles. The molecule has 0 aliphatic carbocycles. The number of carbonyl (C=O) groups is 1. The summed E-state index contributed by atoms with van der Waals surface area (Å²) in [7, 11) is 0. The Kier molecular flexibility index (Phi) is 3.64. The van der Waals surface area contributed by atoms with E-state index in [0.29, 0.717) is 6.42 Å². The van der Waals surface area contributed by atoms with Gasteiger partial charge in [0.2, 0.25) is 5.91 Å². The number of nitrogens with one attached hydrogen (secondary N) is 1. The van der Waals surface area contributed by atoms with Gasteiger partial charge < -0.3 is 9.88 Å². The first-order chi connectivity index (χ1) is 9.34. The molecule has 4 nitrogen and oxygen atoms in total. The molecule has 3 rings (SSSR count). The van der Waals surface area contributed by atoms with E-state index in [1.54, 1.807) is 17.5 Å². The van der Waals surface area contributed by atoms with Gasteiger partial charge in [-0.1, -0.05) is 0 Å². The summed E-state index contributed by atoms with van der Waals surface area (Å²) in [4.78, 5) is 21.7. The third-order valence-electron chi connectivity index (χ3n) is 3.62. The number of H-pyrrole nitrogens is 1. The second-order valence-corrected chi connectivity index (χ2v) is 5.63. The zero-order valence-electron chi connectivity index (χ0n) is 10.7. The Morgan fingerprint density at radius 1 is 1.58 bits per heavy atom. The van der Waals surface area contributed by atoms with E-state index in [9.17, 15) is 4.79 Å². The second-order valence-electron chi connectivity index (χ2n) is 4.85. The lowest BCUT2D eigenvalue weighted by Gasteiger charge is -2.23. The molecule has 0 saturated carbocycles. The summed E-state index contributed by atoms with van der Waals surface area (Å²) in [6, 6.07) is 2.23. The monoisotopic (exact) mass is 275 g/mol. The summed E-state index contributed by atoms with van der Waals surface area (Å²) >= 11 is 1.68. The molecule has 0 radical (unpaired) electrons. The molecule has 3 heterocycles. The van der Waals surface area contributed by atoms with Crippen LogP contribution in [-0.4, -0.2) is 27.3 Å². The lowest BCUT2D eigenvalue weighted by atomic mass is 10.1. The maximum atomic E-state index is 12.3. The minimum atomic E-state index is 0.143. The van der Waals surface area contributed by atoms with E-state index in [2.05, 4.69) is 26.8 Å². The molecule has 100 valence electrons. The SMILES string of the molecule is O=C(CCc1ccsc1)N1CCCC1c1ncc[nH]1. The van der Waals surface area contributed by atoms with E-state index in [-0.39, 0.29) is 11.9 Å². The average Bonchev–Trinajstić information content (AvgIpc) is 3.14. The Morgan fingerprint density at radius 2 is 2.53 bits per heavy atom. The van der Waals surface area contributed by atoms with Gasteiger partial charge in [0.1, 0.15) is 5.82 Å². The zero-order valence-corrected chi connectivity index (χ0v) is 11.5. The molecule has 1 aliphatic heterocycles. The summed E-state index contributed by atoms with van der Waals surface area (Å²) < 4.78 is 0. The molecule has 0 bridgehead atoms. The second kappa shape index (κ2) is 5.57. The van der Waals surface area contributed by atoms with Gasteiger partial charge in [0.15, 0.2) is 0 Å². The highest BCUT2D eigenvalue weighted by Crippen LogP contribution is 2.30. The van der Waals surface area contributed by atoms with Crippen LogP contribution in [0.25, 0.3) is 0 Å². The van der Waals surface area contributed by atoms with Crippen molar-refractivity contribution < 1.29 is 4.79 Å². The Morgan fingerprint density at radius 3 is 3.26 bits per heavy atom. The number of aromatic amines is 1. The number of carbonyl (C=O) groups excluding carboxylic acids is 1. The summed E-state index contributed by atoms with van der Waals surface area (Å²) in [6.45, 7) is 0.855. The van der Waals surface area contributed by atoms with Crippen molar-refractivity contribution in [3.63, 3.8) is 0 Å². The number of hydrogen-bond acceptors (Lipinski definition) is 3. The smallest absolute Gasteiger partial charge is 0.223 e. The highest BCUT2D eigenvalue weighted by molar-refractivity contribution is 7.07. The van der Waals surface area contributed by atoms with Crippen molar-refractivity contribution in [1.29, 1.82) is 0 Å². The van der Waals surface area contributed by atoms with Gasteiger partial charge >= 0.3 is 0 Å². The lowest BCUT2D eigenvalue weighted by molar-refractivity contribution is -0.132. The van der Waals surface area contributed by atoms with E-state index in [1.165, 1.54) is 5.56 Å². The standard InChI is InChI=1S/C14H17N3OS/c18-13(4-3-11-5-9-19-10-11)17-8-1-2-12(17)14-15-6-7-16-14/h5-7,9-10,12H,1-4,8H2,(H,15,16). The highest BCUT2D eigenvalue weighted by atomic mass is 32.1. The fourth-order valence-corrected chi connectivity index (χ4v) is 3.34. The van der Waals surface area contributed by atoms with Gasteiger partial charge in [0, 0.05) is 25.4 Å². The predicted molar refractivity (Wildman–Crippen MR) is 74.9 cm³/mol. The van der Waals surface area contributed by atoms with Gasteiger partial charge in [-0.05, 0) is 41.7 Å². The normalized spacial score (nSPS) is 18.9. The average molecular weight is 275 g/mol. The van der Waals surface area contributed by atoms with Crippen molar-refractivity contribution >= 4 is 17.2 Å². The fourth-order valence-electron chi connectivity index (χ4n) is 2.64. The van der Waals surface area contributed by atoms with Crippen LogP contribution in [0.4, 0.5) is 0 Å². The zero-order chi connectivity index (χ0) is 13.1. The number of rotatable bonds is 4. The number of imidazole rings is 1. The van der Waals surface area contributed by atoms with Crippen LogP contribution in [0.5, 0.6) is 0 Å². The highest BCUT2D eigenvalue weighted by Gasteiger charge is 2.30. The van der Waals surface area contributed by atoms with Gasteiger partial charge in [-0.2, -0.15) is 11.3 Å². The number of nitrogens with zero attached hydrogens (tertiary/aromatic N) is 2. The molecule has 19 heavy (non-hydrogen) atoms. The summed E-state index contributed by atoms with van der Waals surface area (Å²) in [5.41, 5.74) is 1.26. The van der Waals surface area contributed by atoms with Gasteiger partial charge in [0.05, 0.1) is 6.04 Å². The van der Waals surface area contributed by atoms with Crippen molar-refractivity contribution in [2.24, 2.45) is 0 Å². The summed E-state index contributed by atoms with van der Waals surface area (Å²) in [6.07, 6.45) is 7.08. The first kappa shape index (κ1) is 12.4. The molecule has 1 aliphatic rings. The number of aryl methyl sites for hydroxylation is 1. The van der Waals surface area contributed by atoms with E-state index >= 15 is 0 Å². The Balaban J connectivity index is 1.62. The summed E-state index contributed by atoms with van der Waals surface area (Å²) in [5, 5.41) is 4.17. The van der Waals surface area contributed by atoms with Crippen LogP contribution >= 0.6 is 11.3 Å². The van der Waals surface area contributed by atoms with E-state index in [4.69, 9.17) is 0 Å². The fraction of sp³-hybridized carbons (Fsp3) is 0.429. The molecule has 0 spiro atoms. The Labute approximate surface area is 116 Å². The maximum Gasteiger partial charge on any atom is 0.223 e. The van der Waals surface area contributed by atoms with Gasteiger partial charge in [-0.25, -0.2) is 4.98 Å².